The molecule has 1 N–H and O–H groups in total. The Kier molecular flexibility index (Phi) is 3.10. The van der Waals surface area contributed by atoms with Crippen molar-refractivity contribution in [2.45, 2.75) is 39.2 Å². The zero-order valence-corrected chi connectivity index (χ0v) is 10.0. The first-order valence-electron chi connectivity index (χ1n) is 5.79. The molecule has 0 aromatic carbocycles. The van der Waals surface area contributed by atoms with Crippen LogP contribution in [-0.4, -0.2) is 17.1 Å². The van der Waals surface area contributed by atoms with E-state index in [-0.39, 0.29) is 11.7 Å². The van der Waals surface area contributed by atoms with Gasteiger partial charge in [-0.05, 0) is 32.1 Å². The lowest BCUT2D eigenvalue weighted by atomic mass is 10.1. The first kappa shape index (κ1) is 11.3. The highest BCUT2D eigenvalue weighted by Gasteiger charge is 2.34. The molecular weight excluding hydrogens is 204 g/mol. The fourth-order valence-corrected chi connectivity index (χ4v) is 2.00. The van der Waals surface area contributed by atoms with Crippen LogP contribution in [0.5, 0.6) is 0 Å². The van der Waals surface area contributed by atoms with Crippen molar-refractivity contribution in [3.63, 3.8) is 0 Å². The molecule has 0 amide bonds. The molecule has 1 aromatic heterocycles. The molecule has 4 nitrogen and oxygen atoms in total. The molecule has 0 spiro atoms. The third-order valence-corrected chi connectivity index (χ3v) is 3.18. The van der Waals surface area contributed by atoms with Crippen LogP contribution in [0.1, 0.15) is 43.0 Å². The van der Waals surface area contributed by atoms with Gasteiger partial charge in [-0.2, -0.15) is 0 Å². The Morgan fingerprint density at radius 2 is 2.25 bits per heavy atom. The molecule has 1 atom stereocenters. The minimum atomic E-state index is -0.0430. The highest BCUT2D eigenvalue weighted by atomic mass is 16.5. The Bertz CT molecular complexity index is 435. The van der Waals surface area contributed by atoms with Gasteiger partial charge in [0.05, 0.1) is 5.69 Å². The van der Waals surface area contributed by atoms with Crippen molar-refractivity contribution in [1.82, 2.24) is 9.97 Å². The number of aromatic nitrogens is 2. The van der Waals surface area contributed by atoms with E-state index < -0.39 is 0 Å². The lowest BCUT2D eigenvalue weighted by Crippen LogP contribution is -2.21. The van der Waals surface area contributed by atoms with Gasteiger partial charge < -0.3 is 9.72 Å². The largest absolute Gasteiger partial charge is 0.373 e. The Morgan fingerprint density at radius 1 is 1.56 bits per heavy atom. The molecule has 0 aliphatic heterocycles. The third-order valence-electron chi connectivity index (χ3n) is 3.18. The average Bonchev–Trinajstić information content (AvgIpc) is 3.08. The monoisotopic (exact) mass is 222 g/mol. The van der Waals surface area contributed by atoms with Gasteiger partial charge in [0.1, 0.15) is 11.9 Å². The second-order valence-corrected chi connectivity index (χ2v) is 4.37. The van der Waals surface area contributed by atoms with Gasteiger partial charge in [-0.25, -0.2) is 4.98 Å². The molecular formula is C12H18N2O2. The van der Waals surface area contributed by atoms with E-state index >= 15 is 0 Å². The predicted molar refractivity (Wildman–Crippen MR) is 61.4 cm³/mol. The number of H-pyrrole nitrogens is 1. The highest BCUT2D eigenvalue weighted by molar-refractivity contribution is 5.17. The van der Waals surface area contributed by atoms with Crippen LogP contribution in [0.25, 0.3) is 0 Å². The van der Waals surface area contributed by atoms with Crippen LogP contribution in [-0.2, 0) is 11.2 Å². The second kappa shape index (κ2) is 4.37. The Balaban J connectivity index is 2.40. The van der Waals surface area contributed by atoms with Gasteiger partial charge in [0.25, 0.3) is 5.56 Å². The number of methoxy groups -OCH3 is 1. The smallest absolute Gasteiger partial charge is 0.254 e. The molecule has 1 heterocycles. The maximum Gasteiger partial charge on any atom is 0.254 e. The third kappa shape index (κ3) is 2.02. The summed E-state index contributed by atoms with van der Waals surface area (Å²) in [5.74, 6) is 1.22. The highest BCUT2D eigenvalue weighted by Crippen LogP contribution is 2.41. The molecule has 1 fully saturated rings. The molecule has 1 aromatic rings. The van der Waals surface area contributed by atoms with Crippen LogP contribution >= 0.6 is 0 Å². The topological polar surface area (TPSA) is 55.0 Å². The van der Waals surface area contributed by atoms with Gasteiger partial charge in [-0.15, -0.1) is 0 Å². The molecule has 0 radical (unpaired) electrons. The number of nitrogens with zero attached hydrogens (tertiary/aromatic N) is 1. The molecule has 4 heteroatoms. The van der Waals surface area contributed by atoms with E-state index in [9.17, 15) is 4.79 Å². The van der Waals surface area contributed by atoms with Crippen LogP contribution in [0.3, 0.4) is 0 Å². The molecule has 1 aliphatic rings. The number of hydrogen-bond acceptors (Lipinski definition) is 3. The van der Waals surface area contributed by atoms with Crippen LogP contribution in [0.4, 0.5) is 0 Å². The van der Waals surface area contributed by atoms with E-state index in [1.165, 1.54) is 0 Å². The SMILES string of the molecule is CCc1nc(C(OC)C2CC2)[nH]c(=O)c1C. The molecule has 16 heavy (non-hydrogen) atoms. The van der Waals surface area contributed by atoms with E-state index in [2.05, 4.69) is 9.97 Å². The average molecular weight is 222 g/mol. The fourth-order valence-electron chi connectivity index (χ4n) is 2.00. The molecule has 88 valence electrons. The lowest BCUT2D eigenvalue weighted by Gasteiger charge is -2.14. The quantitative estimate of drug-likeness (QED) is 0.844. The molecule has 0 saturated heterocycles. The number of hydrogen-bond donors (Lipinski definition) is 1. The maximum atomic E-state index is 11.7. The number of rotatable bonds is 4. The van der Waals surface area contributed by atoms with Crippen LogP contribution in [0.15, 0.2) is 4.79 Å². The van der Waals surface area contributed by atoms with Gasteiger partial charge >= 0.3 is 0 Å². The number of aryl methyl sites for hydroxylation is 1. The first-order valence-corrected chi connectivity index (χ1v) is 5.79. The summed E-state index contributed by atoms with van der Waals surface area (Å²) in [6.45, 7) is 3.82. The van der Waals surface area contributed by atoms with Crippen molar-refractivity contribution in [3.05, 3.63) is 27.4 Å². The van der Waals surface area contributed by atoms with Crippen molar-refractivity contribution in [2.75, 3.05) is 7.11 Å². The summed E-state index contributed by atoms with van der Waals surface area (Å²) >= 11 is 0. The Morgan fingerprint density at radius 3 is 2.75 bits per heavy atom. The minimum Gasteiger partial charge on any atom is -0.373 e. The summed E-state index contributed by atoms with van der Waals surface area (Å²) in [7, 11) is 1.68. The zero-order valence-electron chi connectivity index (χ0n) is 10.0. The van der Waals surface area contributed by atoms with Crippen molar-refractivity contribution in [3.8, 4) is 0 Å². The zero-order chi connectivity index (χ0) is 11.7. The van der Waals surface area contributed by atoms with Gasteiger partial charge in [0, 0.05) is 12.7 Å². The number of nitrogens with one attached hydrogen (secondary N) is 1. The van der Waals surface area contributed by atoms with Crippen molar-refractivity contribution >= 4 is 0 Å². The van der Waals surface area contributed by atoms with E-state index in [0.29, 0.717) is 11.7 Å². The normalized spacial score (nSPS) is 17.4. The lowest BCUT2D eigenvalue weighted by molar-refractivity contribution is 0.0767. The maximum absolute atomic E-state index is 11.7. The second-order valence-electron chi connectivity index (χ2n) is 4.37. The predicted octanol–water partition coefficient (Wildman–Crippen LogP) is 1.74. The molecule has 1 unspecified atom stereocenters. The summed E-state index contributed by atoms with van der Waals surface area (Å²) < 4.78 is 5.42. The van der Waals surface area contributed by atoms with Crippen LogP contribution in [0.2, 0.25) is 0 Å². The Hall–Kier alpha value is -1.16. The van der Waals surface area contributed by atoms with E-state index in [1.54, 1.807) is 7.11 Å². The molecule has 2 rings (SSSR count). The summed E-state index contributed by atoms with van der Waals surface area (Å²) in [4.78, 5) is 19.1. The molecule has 1 aliphatic carbocycles. The fraction of sp³-hybridized carbons (Fsp3) is 0.667. The summed E-state index contributed by atoms with van der Waals surface area (Å²) in [6.07, 6.45) is 3.07. The van der Waals surface area contributed by atoms with E-state index in [0.717, 1.165) is 30.5 Å². The van der Waals surface area contributed by atoms with Gasteiger partial charge in [0.15, 0.2) is 0 Å². The summed E-state index contributed by atoms with van der Waals surface area (Å²) in [5, 5.41) is 0. The van der Waals surface area contributed by atoms with Crippen LogP contribution in [0, 0.1) is 12.8 Å². The summed E-state index contributed by atoms with van der Waals surface area (Å²) in [5.41, 5.74) is 1.56. The van der Waals surface area contributed by atoms with Crippen molar-refractivity contribution < 1.29 is 4.74 Å². The standard InChI is InChI=1S/C12H18N2O2/c1-4-9-7(2)12(15)14-11(13-9)10(16-3)8-5-6-8/h8,10H,4-6H2,1-3H3,(H,13,14,15). The van der Waals surface area contributed by atoms with Crippen molar-refractivity contribution in [1.29, 1.82) is 0 Å². The van der Waals surface area contributed by atoms with E-state index in [1.807, 2.05) is 13.8 Å². The van der Waals surface area contributed by atoms with Crippen LogP contribution < -0.4 is 5.56 Å². The van der Waals surface area contributed by atoms with E-state index in [4.69, 9.17) is 4.74 Å². The van der Waals surface area contributed by atoms with Gasteiger partial charge in [-0.3, -0.25) is 4.79 Å². The number of ether oxygens (including phenoxy) is 1. The Labute approximate surface area is 95.1 Å². The minimum absolute atomic E-state index is 0.0375. The first-order chi connectivity index (χ1) is 7.67. The van der Waals surface area contributed by atoms with Crippen molar-refractivity contribution in [2.24, 2.45) is 5.92 Å². The molecule has 0 bridgehead atoms. The summed E-state index contributed by atoms with van der Waals surface area (Å²) in [6, 6.07) is 0. The van der Waals surface area contributed by atoms with Gasteiger partial charge in [-0.1, -0.05) is 6.92 Å². The van der Waals surface area contributed by atoms with Gasteiger partial charge in [0.2, 0.25) is 0 Å². The number of aromatic amines is 1. The molecule has 1 saturated carbocycles.